The fraction of sp³-hybridized carbons (Fsp3) is 0.462. The van der Waals surface area contributed by atoms with Crippen molar-refractivity contribution in [1.82, 2.24) is 25.2 Å². The highest BCUT2D eigenvalue weighted by Crippen LogP contribution is 2.12. The lowest BCUT2D eigenvalue weighted by Crippen LogP contribution is -2.36. The predicted octanol–water partition coefficient (Wildman–Crippen LogP) is 0.438. The quantitative estimate of drug-likeness (QED) is 0.821. The molecule has 19 heavy (non-hydrogen) atoms. The number of hydrogen-bond donors (Lipinski definition) is 2. The van der Waals surface area contributed by atoms with Crippen LogP contribution in [0.2, 0.25) is 0 Å². The van der Waals surface area contributed by atoms with E-state index in [0.717, 1.165) is 30.9 Å². The van der Waals surface area contributed by atoms with Gasteiger partial charge in [0.1, 0.15) is 5.56 Å². The van der Waals surface area contributed by atoms with Crippen LogP contribution in [0.3, 0.4) is 0 Å². The number of aromatic nitrogens is 3. The van der Waals surface area contributed by atoms with E-state index in [1.54, 1.807) is 10.7 Å². The normalized spacial score (nSPS) is 18.9. The zero-order valence-electron chi connectivity index (χ0n) is 11.1. The second-order valence-electron chi connectivity index (χ2n) is 5.00. The van der Waals surface area contributed by atoms with Crippen molar-refractivity contribution >= 4 is 11.6 Å². The summed E-state index contributed by atoms with van der Waals surface area (Å²) in [5, 5.41) is 10.5. The van der Waals surface area contributed by atoms with Gasteiger partial charge < -0.3 is 10.6 Å². The molecule has 1 aliphatic heterocycles. The van der Waals surface area contributed by atoms with Crippen molar-refractivity contribution in [3.05, 3.63) is 29.2 Å². The maximum Gasteiger partial charge on any atom is 0.257 e. The standard InChI is InChI=1S/C13H17N5O/c1-8-5-9(2)18-12(16-8)11(7-15-18)13(19)17-10-3-4-14-6-10/h5,7,10,14H,3-4,6H2,1-2H3,(H,17,19). The van der Waals surface area contributed by atoms with Crippen molar-refractivity contribution < 1.29 is 4.79 Å². The zero-order chi connectivity index (χ0) is 13.4. The van der Waals surface area contributed by atoms with Crippen LogP contribution in [0.15, 0.2) is 12.3 Å². The molecule has 100 valence electrons. The number of carbonyl (C=O) groups is 1. The molecule has 6 heteroatoms. The van der Waals surface area contributed by atoms with Gasteiger partial charge in [-0.05, 0) is 32.9 Å². The van der Waals surface area contributed by atoms with Crippen molar-refractivity contribution in [1.29, 1.82) is 0 Å². The van der Waals surface area contributed by atoms with Gasteiger partial charge in [0.2, 0.25) is 0 Å². The molecule has 2 aromatic heterocycles. The number of nitrogens with zero attached hydrogens (tertiary/aromatic N) is 3. The fourth-order valence-corrected chi connectivity index (χ4v) is 2.47. The van der Waals surface area contributed by atoms with Gasteiger partial charge in [-0.2, -0.15) is 5.10 Å². The lowest BCUT2D eigenvalue weighted by atomic mass is 10.2. The minimum Gasteiger partial charge on any atom is -0.348 e. The molecule has 2 aromatic rings. The smallest absolute Gasteiger partial charge is 0.257 e. The summed E-state index contributed by atoms with van der Waals surface area (Å²) >= 11 is 0. The van der Waals surface area contributed by atoms with Crippen LogP contribution in [0, 0.1) is 13.8 Å². The molecule has 0 aliphatic carbocycles. The van der Waals surface area contributed by atoms with Crippen molar-refractivity contribution in [2.45, 2.75) is 26.3 Å². The summed E-state index contributed by atoms with van der Waals surface area (Å²) in [5.41, 5.74) is 3.03. The van der Waals surface area contributed by atoms with Crippen molar-refractivity contribution in [3.63, 3.8) is 0 Å². The van der Waals surface area contributed by atoms with Gasteiger partial charge in [-0.15, -0.1) is 0 Å². The summed E-state index contributed by atoms with van der Waals surface area (Å²) in [6.07, 6.45) is 2.56. The summed E-state index contributed by atoms with van der Waals surface area (Å²) in [4.78, 5) is 16.7. The third kappa shape index (κ3) is 2.19. The first-order valence-corrected chi connectivity index (χ1v) is 6.49. The number of nitrogens with one attached hydrogen (secondary N) is 2. The molecule has 0 aromatic carbocycles. The lowest BCUT2D eigenvalue weighted by Gasteiger charge is -2.10. The average molecular weight is 259 g/mol. The van der Waals surface area contributed by atoms with Gasteiger partial charge in [0, 0.05) is 24.0 Å². The van der Waals surface area contributed by atoms with Crippen LogP contribution < -0.4 is 10.6 Å². The molecule has 1 aliphatic rings. The molecule has 6 nitrogen and oxygen atoms in total. The van der Waals surface area contributed by atoms with E-state index in [1.165, 1.54) is 0 Å². The molecule has 1 fully saturated rings. The molecule has 1 saturated heterocycles. The number of fused-ring (bicyclic) bond motifs is 1. The molecule has 3 heterocycles. The maximum absolute atomic E-state index is 12.3. The van der Waals surface area contributed by atoms with Gasteiger partial charge in [0.15, 0.2) is 5.65 Å². The molecule has 2 N–H and O–H groups in total. The Morgan fingerprint density at radius 3 is 3.11 bits per heavy atom. The van der Waals surface area contributed by atoms with Crippen molar-refractivity contribution in [3.8, 4) is 0 Å². The minimum atomic E-state index is -0.0961. The molecular weight excluding hydrogens is 242 g/mol. The first-order chi connectivity index (χ1) is 9.15. The monoisotopic (exact) mass is 259 g/mol. The van der Waals surface area contributed by atoms with Gasteiger partial charge in [0.25, 0.3) is 5.91 Å². The molecule has 3 rings (SSSR count). The Hall–Kier alpha value is -1.95. The number of rotatable bonds is 2. The third-order valence-corrected chi connectivity index (χ3v) is 3.42. The molecule has 1 amide bonds. The molecule has 1 atom stereocenters. The molecule has 1 unspecified atom stereocenters. The summed E-state index contributed by atoms with van der Waals surface area (Å²) in [5.74, 6) is -0.0961. The number of amides is 1. The van der Waals surface area contributed by atoms with E-state index in [2.05, 4.69) is 20.7 Å². The van der Waals surface area contributed by atoms with E-state index in [9.17, 15) is 4.79 Å². The SMILES string of the molecule is Cc1cc(C)n2ncc(C(=O)NC3CCNC3)c2n1. The van der Waals surface area contributed by atoms with Crippen LogP contribution in [-0.2, 0) is 0 Å². The van der Waals surface area contributed by atoms with Crippen molar-refractivity contribution in [2.24, 2.45) is 0 Å². The highest BCUT2D eigenvalue weighted by atomic mass is 16.1. The average Bonchev–Trinajstić information content (AvgIpc) is 2.97. The Morgan fingerprint density at radius 1 is 1.53 bits per heavy atom. The Kier molecular flexibility index (Phi) is 2.94. The summed E-state index contributed by atoms with van der Waals surface area (Å²) in [6, 6.07) is 2.15. The molecule has 0 radical (unpaired) electrons. The van der Waals surface area contributed by atoms with E-state index in [1.807, 2.05) is 19.9 Å². The van der Waals surface area contributed by atoms with Crippen LogP contribution in [0.5, 0.6) is 0 Å². The van der Waals surface area contributed by atoms with E-state index < -0.39 is 0 Å². The van der Waals surface area contributed by atoms with E-state index >= 15 is 0 Å². The van der Waals surface area contributed by atoms with Gasteiger partial charge in [0.05, 0.1) is 6.20 Å². The van der Waals surface area contributed by atoms with Crippen LogP contribution in [0.1, 0.15) is 28.2 Å². The summed E-state index contributed by atoms with van der Waals surface area (Å²) in [6.45, 7) is 5.66. The number of aryl methyl sites for hydroxylation is 2. The summed E-state index contributed by atoms with van der Waals surface area (Å²) < 4.78 is 1.70. The van der Waals surface area contributed by atoms with Gasteiger partial charge in [-0.3, -0.25) is 4.79 Å². The largest absolute Gasteiger partial charge is 0.348 e. The zero-order valence-corrected chi connectivity index (χ0v) is 11.1. The highest BCUT2D eigenvalue weighted by molar-refractivity contribution is 5.99. The van der Waals surface area contributed by atoms with E-state index in [-0.39, 0.29) is 11.9 Å². The topological polar surface area (TPSA) is 71.3 Å². The first-order valence-electron chi connectivity index (χ1n) is 6.49. The van der Waals surface area contributed by atoms with Crippen LogP contribution in [0.4, 0.5) is 0 Å². The molecule has 0 bridgehead atoms. The summed E-state index contributed by atoms with van der Waals surface area (Å²) in [7, 11) is 0. The minimum absolute atomic E-state index is 0.0961. The van der Waals surface area contributed by atoms with Gasteiger partial charge in [-0.25, -0.2) is 9.50 Å². The Morgan fingerprint density at radius 2 is 2.37 bits per heavy atom. The highest BCUT2D eigenvalue weighted by Gasteiger charge is 2.20. The van der Waals surface area contributed by atoms with Gasteiger partial charge in [-0.1, -0.05) is 0 Å². The maximum atomic E-state index is 12.3. The number of hydrogen-bond acceptors (Lipinski definition) is 4. The second-order valence-corrected chi connectivity index (χ2v) is 5.00. The molecule has 0 saturated carbocycles. The Labute approximate surface area is 111 Å². The third-order valence-electron chi connectivity index (χ3n) is 3.42. The predicted molar refractivity (Wildman–Crippen MR) is 71.2 cm³/mol. The lowest BCUT2D eigenvalue weighted by molar-refractivity contribution is 0.0941. The molecular formula is C13H17N5O. The fourth-order valence-electron chi connectivity index (χ4n) is 2.47. The van der Waals surface area contributed by atoms with Crippen LogP contribution in [0.25, 0.3) is 5.65 Å². The Balaban J connectivity index is 1.93. The second kappa shape index (κ2) is 4.62. The molecule has 0 spiro atoms. The van der Waals surface area contributed by atoms with Crippen LogP contribution >= 0.6 is 0 Å². The number of carbonyl (C=O) groups excluding carboxylic acids is 1. The van der Waals surface area contributed by atoms with Gasteiger partial charge >= 0.3 is 0 Å². The van der Waals surface area contributed by atoms with Crippen molar-refractivity contribution in [2.75, 3.05) is 13.1 Å². The van der Waals surface area contributed by atoms with Crippen LogP contribution in [-0.4, -0.2) is 39.6 Å². The van der Waals surface area contributed by atoms with E-state index in [0.29, 0.717) is 11.2 Å². The first kappa shape index (κ1) is 12.1. The Bertz CT molecular complexity index is 627. The van der Waals surface area contributed by atoms with E-state index in [4.69, 9.17) is 0 Å².